The Morgan fingerprint density at radius 3 is 2.54 bits per heavy atom. The van der Waals surface area contributed by atoms with Gasteiger partial charge in [0.1, 0.15) is 0 Å². The van der Waals surface area contributed by atoms with Gasteiger partial charge < -0.3 is 15.0 Å². The molecule has 6 heteroatoms. The number of halogens is 1. The van der Waals surface area contributed by atoms with Crippen LogP contribution in [0.25, 0.3) is 0 Å². The van der Waals surface area contributed by atoms with E-state index in [0.717, 1.165) is 50.0 Å². The lowest BCUT2D eigenvalue weighted by Gasteiger charge is -2.29. The van der Waals surface area contributed by atoms with Crippen molar-refractivity contribution in [2.75, 3.05) is 26.2 Å². The summed E-state index contributed by atoms with van der Waals surface area (Å²) in [6, 6.07) is 0. The number of hydrogen-bond donors (Lipinski definition) is 1. The Hall–Kier alpha value is -1.69. The molecule has 2 aliphatic rings. The predicted molar refractivity (Wildman–Crippen MR) is 90.0 cm³/mol. The molecular formula is C18H26FN3O2. The molecule has 0 aromatic carbocycles. The molecule has 1 aliphatic carbocycles. The molecule has 1 fully saturated rings. The summed E-state index contributed by atoms with van der Waals surface area (Å²) in [6.45, 7) is 8.55. The second-order valence-electron chi connectivity index (χ2n) is 7.59. The van der Waals surface area contributed by atoms with E-state index in [9.17, 15) is 4.79 Å². The predicted octanol–water partition coefficient (Wildman–Crippen LogP) is 2.80. The second-order valence-corrected chi connectivity index (χ2v) is 7.59. The standard InChI is InChI=1S/C18H26FN3O2/c1-18(2,3)14-12-6-4-5-7-13(12)21-16(15(14)19)24-17(23)22-10-8-20-9-11-22/h20H,4-11H2,1-3H3. The number of nitrogens with zero attached hydrogens (tertiary/aromatic N) is 2. The molecule has 24 heavy (non-hydrogen) atoms. The van der Waals surface area contributed by atoms with Crippen LogP contribution in [0, 0.1) is 5.82 Å². The van der Waals surface area contributed by atoms with Gasteiger partial charge in [-0.15, -0.1) is 0 Å². The molecule has 1 aromatic heterocycles. The van der Waals surface area contributed by atoms with Crippen LogP contribution in [0.1, 0.15) is 50.4 Å². The number of aryl methyl sites for hydroxylation is 1. The minimum Gasteiger partial charge on any atom is -0.388 e. The van der Waals surface area contributed by atoms with Crippen LogP contribution in [-0.2, 0) is 18.3 Å². The van der Waals surface area contributed by atoms with E-state index in [-0.39, 0.29) is 11.3 Å². The number of fused-ring (bicyclic) bond motifs is 1. The van der Waals surface area contributed by atoms with Gasteiger partial charge in [-0.2, -0.15) is 0 Å². The fourth-order valence-corrected chi connectivity index (χ4v) is 3.54. The van der Waals surface area contributed by atoms with Crippen LogP contribution in [-0.4, -0.2) is 42.2 Å². The zero-order valence-corrected chi connectivity index (χ0v) is 14.7. The molecule has 0 bridgehead atoms. The van der Waals surface area contributed by atoms with Gasteiger partial charge in [-0.25, -0.2) is 14.2 Å². The maximum absolute atomic E-state index is 15.1. The van der Waals surface area contributed by atoms with Crippen molar-refractivity contribution in [3.8, 4) is 5.88 Å². The van der Waals surface area contributed by atoms with E-state index >= 15 is 4.39 Å². The van der Waals surface area contributed by atoms with E-state index in [1.807, 2.05) is 20.8 Å². The number of nitrogens with one attached hydrogen (secondary N) is 1. The molecule has 1 aromatic rings. The molecule has 5 nitrogen and oxygen atoms in total. The smallest absolute Gasteiger partial charge is 0.388 e. The Bertz CT molecular complexity index is 634. The Balaban J connectivity index is 1.94. The zero-order valence-electron chi connectivity index (χ0n) is 14.7. The average molecular weight is 335 g/mol. The number of amides is 1. The molecule has 132 valence electrons. The molecule has 1 saturated heterocycles. The molecule has 1 N–H and O–H groups in total. The van der Waals surface area contributed by atoms with Crippen molar-refractivity contribution in [1.82, 2.24) is 15.2 Å². The van der Waals surface area contributed by atoms with Gasteiger partial charge in [0.05, 0.1) is 0 Å². The van der Waals surface area contributed by atoms with Crippen molar-refractivity contribution < 1.29 is 13.9 Å². The molecule has 2 heterocycles. The van der Waals surface area contributed by atoms with Gasteiger partial charge in [-0.1, -0.05) is 20.8 Å². The maximum Gasteiger partial charge on any atom is 0.416 e. The van der Waals surface area contributed by atoms with E-state index in [0.29, 0.717) is 18.7 Å². The van der Waals surface area contributed by atoms with Gasteiger partial charge in [0.2, 0.25) is 0 Å². The molecule has 0 radical (unpaired) electrons. The number of carbonyl (C=O) groups excluding carboxylic acids is 1. The summed E-state index contributed by atoms with van der Waals surface area (Å²) >= 11 is 0. The normalized spacial score (nSPS) is 18.2. The number of pyridine rings is 1. The molecule has 0 atom stereocenters. The Kier molecular flexibility index (Phi) is 4.76. The van der Waals surface area contributed by atoms with Crippen molar-refractivity contribution >= 4 is 6.09 Å². The molecule has 0 unspecified atom stereocenters. The van der Waals surface area contributed by atoms with Crippen LogP contribution in [0.2, 0.25) is 0 Å². The highest BCUT2D eigenvalue weighted by atomic mass is 19.1. The number of rotatable bonds is 1. The van der Waals surface area contributed by atoms with E-state index in [4.69, 9.17) is 4.74 Å². The first-order valence-corrected chi connectivity index (χ1v) is 8.77. The van der Waals surface area contributed by atoms with Gasteiger partial charge in [-0.3, -0.25) is 0 Å². The molecule has 3 rings (SSSR count). The van der Waals surface area contributed by atoms with Crippen molar-refractivity contribution in [2.24, 2.45) is 0 Å². The average Bonchev–Trinajstić information content (AvgIpc) is 2.55. The van der Waals surface area contributed by atoms with Crippen LogP contribution >= 0.6 is 0 Å². The molecule has 0 saturated carbocycles. The third-order valence-corrected chi connectivity index (χ3v) is 4.69. The summed E-state index contributed by atoms with van der Waals surface area (Å²) in [5.74, 6) is -0.643. The molecular weight excluding hydrogens is 309 g/mol. The van der Waals surface area contributed by atoms with E-state index < -0.39 is 11.9 Å². The Morgan fingerprint density at radius 2 is 1.88 bits per heavy atom. The zero-order chi connectivity index (χ0) is 17.3. The minimum atomic E-state index is -0.515. The van der Waals surface area contributed by atoms with Crippen LogP contribution < -0.4 is 10.1 Å². The van der Waals surface area contributed by atoms with Crippen LogP contribution in [0.3, 0.4) is 0 Å². The lowest BCUT2D eigenvalue weighted by atomic mass is 9.79. The van der Waals surface area contributed by atoms with Gasteiger partial charge in [0, 0.05) is 37.4 Å². The number of hydrogen-bond acceptors (Lipinski definition) is 4. The fourth-order valence-electron chi connectivity index (χ4n) is 3.54. The summed E-state index contributed by atoms with van der Waals surface area (Å²) in [5.41, 5.74) is 2.18. The van der Waals surface area contributed by atoms with E-state index in [1.54, 1.807) is 4.90 Å². The van der Waals surface area contributed by atoms with Crippen LogP contribution in [0.15, 0.2) is 0 Å². The third-order valence-electron chi connectivity index (χ3n) is 4.69. The fraction of sp³-hybridized carbons (Fsp3) is 0.667. The van der Waals surface area contributed by atoms with Crippen molar-refractivity contribution in [3.05, 3.63) is 22.6 Å². The number of carbonyl (C=O) groups is 1. The number of piperazine rings is 1. The lowest BCUT2D eigenvalue weighted by molar-refractivity contribution is 0.141. The van der Waals surface area contributed by atoms with Crippen LogP contribution in [0.4, 0.5) is 9.18 Å². The highest BCUT2D eigenvalue weighted by Crippen LogP contribution is 2.37. The van der Waals surface area contributed by atoms with Crippen molar-refractivity contribution in [1.29, 1.82) is 0 Å². The van der Waals surface area contributed by atoms with Gasteiger partial charge in [0.15, 0.2) is 5.82 Å². The highest BCUT2D eigenvalue weighted by molar-refractivity contribution is 5.70. The number of aromatic nitrogens is 1. The summed E-state index contributed by atoms with van der Waals surface area (Å²) in [5, 5.41) is 3.18. The Labute approximate surface area is 142 Å². The quantitative estimate of drug-likeness (QED) is 0.857. The van der Waals surface area contributed by atoms with Gasteiger partial charge in [0.25, 0.3) is 5.88 Å². The van der Waals surface area contributed by atoms with E-state index in [2.05, 4.69) is 10.3 Å². The van der Waals surface area contributed by atoms with Crippen LogP contribution in [0.5, 0.6) is 5.88 Å². The third kappa shape index (κ3) is 3.38. The first kappa shape index (κ1) is 17.1. The molecule has 1 aliphatic heterocycles. The highest BCUT2D eigenvalue weighted by Gasteiger charge is 2.31. The van der Waals surface area contributed by atoms with Gasteiger partial charge in [-0.05, 0) is 36.7 Å². The monoisotopic (exact) mass is 335 g/mol. The van der Waals surface area contributed by atoms with Crippen molar-refractivity contribution in [2.45, 2.75) is 51.9 Å². The largest absolute Gasteiger partial charge is 0.416 e. The molecule has 0 spiro atoms. The minimum absolute atomic E-state index is 0.163. The summed E-state index contributed by atoms with van der Waals surface area (Å²) in [6.07, 6.45) is 3.24. The summed E-state index contributed by atoms with van der Waals surface area (Å²) in [7, 11) is 0. The first-order chi connectivity index (χ1) is 11.4. The topological polar surface area (TPSA) is 54.5 Å². The summed E-state index contributed by atoms with van der Waals surface area (Å²) in [4.78, 5) is 18.3. The first-order valence-electron chi connectivity index (χ1n) is 8.77. The second kappa shape index (κ2) is 6.67. The lowest BCUT2D eigenvalue weighted by Crippen LogP contribution is -2.47. The van der Waals surface area contributed by atoms with E-state index in [1.165, 1.54) is 0 Å². The molecule has 1 amide bonds. The maximum atomic E-state index is 15.1. The summed E-state index contributed by atoms with van der Waals surface area (Å²) < 4.78 is 20.5. The SMILES string of the molecule is CC(C)(C)c1c(F)c(OC(=O)N2CCNCC2)nc2c1CCCC2. The van der Waals surface area contributed by atoms with Gasteiger partial charge >= 0.3 is 6.09 Å². The number of ether oxygens (including phenoxy) is 1. The Morgan fingerprint density at radius 1 is 1.21 bits per heavy atom. The van der Waals surface area contributed by atoms with Crippen molar-refractivity contribution in [3.63, 3.8) is 0 Å².